The van der Waals surface area contributed by atoms with Crippen LogP contribution in [0.4, 0.5) is 18.9 Å². The molecule has 1 rings (SSSR count). The van der Waals surface area contributed by atoms with Gasteiger partial charge in [-0.05, 0) is 18.2 Å². The molecule has 0 fully saturated rings. The first kappa shape index (κ1) is 15.6. The first-order chi connectivity index (χ1) is 8.75. The fraction of sp³-hybridized carbons (Fsp3) is 0.250. The zero-order valence-corrected chi connectivity index (χ0v) is 11.3. The number of alkyl halides is 3. The van der Waals surface area contributed by atoms with E-state index in [1.807, 2.05) is 0 Å². The van der Waals surface area contributed by atoms with Crippen LogP contribution in [0.5, 0.6) is 0 Å². The Morgan fingerprint density at radius 2 is 2.11 bits per heavy atom. The van der Waals surface area contributed by atoms with Gasteiger partial charge in [-0.25, -0.2) is 0 Å². The van der Waals surface area contributed by atoms with E-state index < -0.39 is 24.3 Å². The van der Waals surface area contributed by atoms with E-state index in [4.69, 9.17) is 5.11 Å². The van der Waals surface area contributed by atoms with Crippen molar-refractivity contribution in [1.82, 2.24) is 0 Å². The number of carboxylic acids is 1. The minimum Gasteiger partial charge on any atom is -0.480 e. The van der Waals surface area contributed by atoms with Gasteiger partial charge in [-0.15, -0.1) is 6.58 Å². The molecule has 7 heteroatoms. The molecule has 104 valence electrons. The summed E-state index contributed by atoms with van der Waals surface area (Å²) in [7, 11) is 0. The Bertz CT molecular complexity index is 488. The lowest BCUT2D eigenvalue weighted by molar-refractivity contribution is -0.138. The van der Waals surface area contributed by atoms with Crippen molar-refractivity contribution in [1.29, 1.82) is 0 Å². The molecule has 19 heavy (non-hydrogen) atoms. The van der Waals surface area contributed by atoms with Gasteiger partial charge >= 0.3 is 12.1 Å². The van der Waals surface area contributed by atoms with E-state index in [0.29, 0.717) is 4.47 Å². The summed E-state index contributed by atoms with van der Waals surface area (Å²) in [5.41, 5.74) is -1.07. The molecular formula is C12H11BrF3NO2. The number of aliphatic carboxylic acids is 1. The molecule has 0 heterocycles. The van der Waals surface area contributed by atoms with Crippen LogP contribution < -0.4 is 4.90 Å². The highest BCUT2D eigenvalue weighted by atomic mass is 79.9. The lowest BCUT2D eigenvalue weighted by Gasteiger charge is -2.25. The van der Waals surface area contributed by atoms with Gasteiger partial charge in [-0.3, -0.25) is 4.79 Å². The van der Waals surface area contributed by atoms with Gasteiger partial charge in [0.15, 0.2) is 0 Å². The van der Waals surface area contributed by atoms with Gasteiger partial charge in [-0.2, -0.15) is 13.2 Å². The van der Waals surface area contributed by atoms with E-state index in [-0.39, 0.29) is 12.2 Å². The molecule has 3 nitrogen and oxygen atoms in total. The first-order valence-electron chi connectivity index (χ1n) is 5.20. The Morgan fingerprint density at radius 3 is 2.58 bits per heavy atom. The molecule has 0 atom stereocenters. The van der Waals surface area contributed by atoms with E-state index in [9.17, 15) is 18.0 Å². The SMILES string of the molecule is C=CCN(CC(=O)O)c1cc(Br)ccc1C(F)(F)F. The van der Waals surface area contributed by atoms with Crippen LogP contribution in [-0.4, -0.2) is 24.2 Å². The number of carbonyl (C=O) groups is 1. The van der Waals surface area contributed by atoms with Gasteiger partial charge < -0.3 is 10.0 Å². The van der Waals surface area contributed by atoms with Gasteiger partial charge in [0.2, 0.25) is 0 Å². The van der Waals surface area contributed by atoms with Crippen molar-refractivity contribution >= 4 is 27.6 Å². The summed E-state index contributed by atoms with van der Waals surface area (Å²) in [4.78, 5) is 11.8. The molecule has 0 amide bonds. The lowest BCUT2D eigenvalue weighted by atomic mass is 10.1. The number of benzene rings is 1. The van der Waals surface area contributed by atoms with E-state index in [1.54, 1.807) is 0 Å². The third-order valence-corrected chi connectivity index (χ3v) is 2.77. The summed E-state index contributed by atoms with van der Waals surface area (Å²) in [6.45, 7) is 2.89. The largest absolute Gasteiger partial charge is 0.480 e. The number of anilines is 1. The van der Waals surface area contributed by atoms with E-state index >= 15 is 0 Å². The molecule has 0 bridgehead atoms. The van der Waals surface area contributed by atoms with E-state index in [0.717, 1.165) is 11.0 Å². The predicted octanol–water partition coefficient (Wildman–Crippen LogP) is 3.54. The van der Waals surface area contributed by atoms with Crippen LogP contribution in [0.25, 0.3) is 0 Å². The molecule has 1 N–H and O–H groups in total. The van der Waals surface area contributed by atoms with E-state index in [2.05, 4.69) is 22.5 Å². The van der Waals surface area contributed by atoms with Crippen LogP contribution >= 0.6 is 15.9 Å². The number of rotatable bonds is 5. The summed E-state index contributed by atoms with van der Waals surface area (Å²) >= 11 is 3.08. The van der Waals surface area contributed by atoms with Gasteiger partial charge in [0.1, 0.15) is 6.54 Å². The molecule has 0 aliphatic heterocycles. The van der Waals surface area contributed by atoms with Crippen molar-refractivity contribution in [3.05, 3.63) is 40.9 Å². The number of nitrogens with zero attached hydrogens (tertiary/aromatic N) is 1. The topological polar surface area (TPSA) is 40.5 Å². The predicted molar refractivity (Wildman–Crippen MR) is 69.2 cm³/mol. The van der Waals surface area contributed by atoms with Crippen molar-refractivity contribution in [2.45, 2.75) is 6.18 Å². The van der Waals surface area contributed by atoms with Crippen LogP contribution in [0.15, 0.2) is 35.3 Å². The van der Waals surface area contributed by atoms with Crippen LogP contribution in [0, 0.1) is 0 Å². The van der Waals surface area contributed by atoms with Crippen molar-refractivity contribution in [2.24, 2.45) is 0 Å². The maximum atomic E-state index is 12.9. The number of halogens is 4. The Labute approximate surface area is 116 Å². The third-order valence-electron chi connectivity index (χ3n) is 2.28. The van der Waals surface area contributed by atoms with Crippen LogP contribution in [-0.2, 0) is 11.0 Å². The monoisotopic (exact) mass is 337 g/mol. The maximum absolute atomic E-state index is 12.9. The minimum absolute atomic E-state index is 0.00579. The van der Waals surface area contributed by atoms with Crippen molar-refractivity contribution < 1.29 is 23.1 Å². The second-order valence-corrected chi connectivity index (χ2v) is 4.64. The Kier molecular flexibility index (Phi) is 4.99. The average Bonchev–Trinajstić information content (AvgIpc) is 2.26. The zero-order chi connectivity index (χ0) is 14.6. The molecular weight excluding hydrogens is 327 g/mol. The van der Waals surface area contributed by atoms with Crippen molar-refractivity contribution in [2.75, 3.05) is 18.0 Å². The van der Waals surface area contributed by atoms with Crippen LogP contribution in [0.2, 0.25) is 0 Å². The molecule has 0 spiro atoms. The summed E-state index contributed by atoms with van der Waals surface area (Å²) in [6.07, 6.45) is -3.20. The molecule has 1 aromatic carbocycles. The Balaban J connectivity index is 3.30. The van der Waals surface area contributed by atoms with Crippen LogP contribution in [0.1, 0.15) is 5.56 Å². The second kappa shape index (κ2) is 6.10. The molecule has 0 aliphatic rings. The molecule has 1 aromatic rings. The Hall–Kier alpha value is -1.50. The summed E-state index contributed by atoms with van der Waals surface area (Å²) in [5, 5.41) is 8.77. The number of hydrogen-bond donors (Lipinski definition) is 1. The highest BCUT2D eigenvalue weighted by Gasteiger charge is 2.35. The number of hydrogen-bond acceptors (Lipinski definition) is 2. The first-order valence-corrected chi connectivity index (χ1v) is 5.99. The fourth-order valence-electron chi connectivity index (χ4n) is 1.57. The third kappa shape index (κ3) is 4.27. The van der Waals surface area contributed by atoms with Gasteiger partial charge in [0.05, 0.1) is 11.3 Å². The Morgan fingerprint density at radius 1 is 1.47 bits per heavy atom. The average molecular weight is 338 g/mol. The molecule has 0 radical (unpaired) electrons. The van der Waals surface area contributed by atoms with Crippen molar-refractivity contribution in [3.8, 4) is 0 Å². The van der Waals surface area contributed by atoms with Crippen molar-refractivity contribution in [3.63, 3.8) is 0 Å². The smallest absolute Gasteiger partial charge is 0.418 e. The van der Waals surface area contributed by atoms with Gasteiger partial charge in [0.25, 0.3) is 0 Å². The number of carboxylic acid groups (broad SMARTS) is 1. The van der Waals surface area contributed by atoms with Gasteiger partial charge in [0, 0.05) is 11.0 Å². The van der Waals surface area contributed by atoms with Gasteiger partial charge in [-0.1, -0.05) is 22.0 Å². The van der Waals surface area contributed by atoms with Crippen LogP contribution in [0.3, 0.4) is 0 Å². The summed E-state index contributed by atoms with van der Waals surface area (Å²) < 4.78 is 39.1. The minimum atomic E-state index is -4.55. The molecule has 0 aliphatic carbocycles. The normalized spacial score (nSPS) is 11.2. The molecule has 0 saturated carbocycles. The zero-order valence-electron chi connectivity index (χ0n) is 9.75. The summed E-state index contributed by atoms with van der Waals surface area (Å²) in [5.74, 6) is -1.21. The standard InChI is InChI=1S/C12H11BrF3NO2/c1-2-5-17(7-11(18)19)10-6-8(13)3-4-9(10)12(14,15)16/h2-4,6H,1,5,7H2,(H,18,19). The quantitative estimate of drug-likeness (QED) is 0.835. The molecule has 0 aromatic heterocycles. The molecule has 0 saturated heterocycles. The highest BCUT2D eigenvalue weighted by Crippen LogP contribution is 2.38. The second-order valence-electron chi connectivity index (χ2n) is 3.72. The lowest BCUT2D eigenvalue weighted by Crippen LogP contribution is -2.31. The highest BCUT2D eigenvalue weighted by molar-refractivity contribution is 9.10. The van der Waals surface area contributed by atoms with E-state index in [1.165, 1.54) is 18.2 Å². The summed E-state index contributed by atoms with van der Waals surface area (Å²) in [6, 6.07) is 3.42. The maximum Gasteiger partial charge on any atom is 0.418 e. The fourth-order valence-corrected chi connectivity index (χ4v) is 1.92. The molecule has 0 unspecified atom stereocenters.